The van der Waals surface area contributed by atoms with Gasteiger partial charge in [-0.1, -0.05) is 0 Å². The van der Waals surface area contributed by atoms with Gasteiger partial charge in [0.1, 0.15) is 11.6 Å². The number of carbonyl (C=O) groups is 1. The Morgan fingerprint density at radius 1 is 1.53 bits per heavy atom. The molecule has 1 heterocycles. The van der Waals surface area contributed by atoms with Crippen molar-refractivity contribution in [3.8, 4) is 0 Å². The van der Waals surface area contributed by atoms with Crippen molar-refractivity contribution in [1.29, 1.82) is 0 Å². The summed E-state index contributed by atoms with van der Waals surface area (Å²) in [5.41, 5.74) is 5.64. The Balaban J connectivity index is 2.04. The normalized spacial score (nSPS) is 10.2. The van der Waals surface area contributed by atoms with Gasteiger partial charge in [0.05, 0.1) is 12.1 Å². The maximum atomic E-state index is 13.4. The fourth-order valence-electron chi connectivity index (χ4n) is 1.37. The van der Waals surface area contributed by atoms with Crippen molar-refractivity contribution in [2.45, 2.75) is 6.54 Å². The lowest BCUT2D eigenvalue weighted by Crippen LogP contribution is -2.24. The number of nitrogens with one attached hydrogen (secondary N) is 2. The van der Waals surface area contributed by atoms with Crippen molar-refractivity contribution >= 4 is 11.6 Å². The first kappa shape index (κ1) is 11.1. The molecule has 0 aliphatic heterocycles. The fourth-order valence-corrected chi connectivity index (χ4v) is 1.37. The first-order chi connectivity index (χ1) is 8.16. The van der Waals surface area contributed by atoms with Crippen LogP contribution in [0.2, 0.25) is 0 Å². The molecule has 0 bridgehead atoms. The number of hydrogen-bond acceptors (Lipinski definition) is 3. The molecule has 0 fully saturated rings. The molecule has 17 heavy (non-hydrogen) atoms. The van der Waals surface area contributed by atoms with Gasteiger partial charge in [0.2, 0.25) is 0 Å². The van der Waals surface area contributed by atoms with Crippen LogP contribution in [0.15, 0.2) is 30.6 Å². The first-order valence-electron chi connectivity index (χ1n) is 4.98. The Labute approximate surface area is 96.9 Å². The largest absolute Gasteiger partial charge is 0.399 e. The van der Waals surface area contributed by atoms with Gasteiger partial charge in [-0.05, 0) is 18.2 Å². The molecule has 5 nitrogen and oxygen atoms in total. The summed E-state index contributed by atoms with van der Waals surface area (Å²) in [5.74, 6) is -0.532. The van der Waals surface area contributed by atoms with Crippen molar-refractivity contribution in [2.75, 3.05) is 5.73 Å². The highest BCUT2D eigenvalue weighted by molar-refractivity contribution is 5.94. The summed E-state index contributed by atoms with van der Waals surface area (Å²) < 4.78 is 13.4. The number of imidazole rings is 1. The van der Waals surface area contributed by atoms with E-state index in [2.05, 4.69) is 15.3 Å². The molecule has 0 spiro atoms. The van der Waals surface area contributed by atoms with E-state index in [1.807, 2.05) is 0 Å². The van der Waals surface area contributed by atoms with E-state index >= 15 is 0 Å². The van der Waals surface area contributed by atoms with Crippen molar-refractivity contribution < 1.29 is 9.18 Å². The van der Waals surface area contributed by atoms with E-state index in [0.717, 1.165) is 6.07 Å². The highest BCUT2D eigenvalue weighted by Gasteiger charge is 2.11. The maximum Gasteiger partial charge on any atom is 0.254 e. The summed E-state index contributed by atoms with van der Waals surface area (Å²) >= 11 is 0. The number of anilines is 1. The second-order valence-electron chi connectivity index (χ2n) is 3.46. The summed E-state index contributed by atoms with van der Waals surface area (Å²) in [5, 5.41) is 2.55. The zero-order chi connectivity index (χ0) is 12.3. The highest BCUT2D eigenvalue weighted by atomic mass is 19.1. The Morgan fingerprint density at radius 2 is 2.35 bits per heavy atom. The number of nitrogens with two attached hydrogens (primary N) is 1. The standard InChI is InChI=1S/C11H11FN4O/c12-9-5-7(13)1-2-8(9)11(17)16-6-10-14-3-4-15-10/h1-5H,6,13H2,(H,14,15)(H,16,17). The summed E-state index contributed by atoms with van der Waals surface area (Å²) in [4.78, 5) is 18.4. The van der Waals surface area contributed by atoms with Gasteiger partial charge >= 0.3 is 0 Å². The topological polar surface area (TPSA) is 83.8 Å². The van der Waals surface area contributed by atoms with E-state index in [4.69, 9.17) is 5.73 Å². The van der Waals surface area contributed by atoms with Gasteiger partial charge in [-0.25, -0.2) is 9.37 Å². The number of carbonyl (C=O) groups excluding carboxylic acids is 1. The number of aromatic amines is 1. The molecule has 0 radical (unpaired) electrons. The number of amides is 1. The van der Waals surface area contributed by atoms with Gasteiger partial charge in [-0.2, -0.15) is 0 Å². The number of halogens is 1. The summed E-state index contributed by atoms with van der Waals surface area (Å²) in [7, 11) is 0. The molecule has 1 aromatic carbocycles. The van der Waals surface area contributed by atoms with Crippen LogP contribution in [0.4, 0.5) is 10.1 Å². The minimum absolute atomic E-state index is 0.0363. The molecule has 88 valence electrons. The highest BCUT2D eigenvalue weighted by Crippen LogP contribution is 2.11. The van der Waals surface area contributed by atoms with Crippen LogP contribution in [-0.2, 0) is 6.54 Å². The van der Waals surface area contributed by atoms with Crippen LogP contribution in [-0.4, -0.2) is 15.9 Å². The third-order valence-corrected chi connectivity index (χ3v) is 2.21. The molecule has 1 amide bonds. The van der Waals surface area contributed by atoms with Crippen molar-refractivity contribution in [3.63, 3.8) is 0 Å². The maximum absolute atomic E-state index is 13.4. The van der Waals surface area contributed by atoms with Gasteiger partial charge in [0.15, 0.2) is 0 Å². The zero-order valence-corrected chi connectivity index (χ0v) is 8.90. The summed E-state index contributed by atoms with van der Waals surface area (Å²) in [6, 6.07) is 3.94. The molecular formula is C11H11FN4O. The molecule has 0 saturated heterocycles. The van der Waals surface area contributed by atoms with E-state index in [0.29, 0.717) is 5.82 Å². The predicted molar refractivity (Wildman–Crippen MR) is 60.6 cm³/mol. The van der Waals surface area contributed by atoms with Crippen LogP contribution in [0, 0.1) is 5.82 Å². The summed E-state index contributed by atoms with van der Waals surface area (Å²) in [6.07, 6.45) is 3.22. The van der Waals surface area contributed by atoms with Gasteiger partial charge < -0.3 is 16.0 Å². The second kappa shape index (κ2) is 4.65. The van der Waals surface area contributed by atoms with Gasteiger partial charge in [-0.3, -0.25) is 4.79 Å². The molecule has 0 saturated carbocycles. The fraction of sp³-hybridized carbons (Fsp3) is 0.0909. The van der Waals surface area contributed by atoms with Crippen LogP contribution in [0.3, 0.4) is 0 Å². The number of H-pyrrole nitrogens is 1. The third-order valence-electron chi connectivity index (χ3n) is 2.21. The monoisotopic (exact) mass is 234 g/mol. The van der Waals surface area contributed by atoms with Gasteiger partial charge in [0, 0.05) is 18.1 Å². The average molecular weight is 234 g/mol. The molecule has 1 aromatic heterocycles. The van der Waals surface area contributed by atoms with Crippen molar-refractivity contribution in [1.82, 2.24) is 15.3 Å². The quantitative estimate of drug-likeness (QED) is 0.694. The lowest BCUT2D eigenvalue weighted by atomic mass is 10.2. The minimum atomic E-state index is -0.637. The minimum Gasteiger partial charge on any atom is -0.399 e. The number of rotatable bonds is 3. The summed E-state index contributed by atoms with van der Waals surface area (Å²) in [6.45, 7) is 0.218. The Bertz CT molecular complexity index is 524. The third kappa shape index (κ3) is 2.60. The van der Waals surface area contributed by atoms with Crippen molar-refractivity contribution in [3.05, 3.63) is 47.8 Å². The van der Waals surface area contributed by atoms with Gasteiger partial charge in [0.25, 0.3) is 5.91 Å². The number of aromatic nitrogens is 2. The van der Waals surface area contributed by atoms with Crippen LogP contribution in [0.1, 0.15) is 16.2 Å². The number of benzene rings is 1. The molecule has 0 atom stereocenters. The SMILES string of the molecule is Nc1ccc(C(=O)NCc2ncc[nH]2)c(F)c1. The molecule has 0 unspecified atom stereocenters. The lowest BCUT2D eigenvalue weighted by molar-refractivity contribution is 0.0946. The van der Waals surface area contributed by atoms with E-state index < -0.39 is 11.7 Å². The Morgan fingerprint density at radius 3 is 3.00 bits per heavy atom. The molecule has 2 aromatic rings. The van der Waals surface area contributed by atoms with Crippen LogP contribution >= 0.6 is 0 Å². The predicted octanol–water partition coefficient (Wildman–Crippen LogP) is 1.06. The van der Waals surface area contributed by atoms with Gasteiger partial charge in [-0.15, -0.1) is 0 Å². The van der Waals surface area contributed by atoms with Crippen LogP contribution in [0.5, 0.6) is 0 Å². The Kier molecular flexibility index (Phi) is 3.04. The zero-order valence-electron chi connectivity index (χ0n) is 8.90. The van der Waals surface area contributed by atoms with E-state index in [1.165, 1.54) is 12.1 Å². The number of nitrogens with zero attached hydrogens (tertiary/aromatic N) is 1. The molecule has 0 aliphatic carbocycles. The van der Waals surface area contributed by atoms with Crippen LogP contribution < -0.4 is 11.1 Å². The smallest absolute Gasteiger partial charge is 0.254 e. The molecule has 4 N–H and O–H groups in total. The lowest BCUT2D eigenvalue weighted by Gasteiger charge is -2.05. The van der Waals surface area contributed by atoms with Crippen LogP contribution in [0.25, 0.3) is 0 Å². The first-order valence-corrected chi connectivity index (χ1v) is 4.98. The van der Waals surface area contributed by atoms with Crippen molar-refractivity contribution in [2.24, 2.45) is 0 Å². The molecule has 0 aliphatic rings. The Hall–Kier alpha value is -2.37. The molecular weight excluding hydrogens is 223 g/mol. The molecule has 2 rings (SSSR count). The molecule has 6 heteroatoms. The number of nitrogen functional groups attached to an aromatic ring is 1. The van der Waals surface area contributed by atoms with E-state index in [9.17, 15) is 9.18 Å². The average Bonchev–Trinajstić information content (AvgIpc) is 2.78. The van der Waals surface area contributed by atoms with E-state index in [-0.39, 0.29) is 17.8 Å². The van der Waals surface area contributed by atoms with E-state index in [1.54, 1.807) is 12.4 Å². The number of hydrogen-bond donors (Lipinski definition) is 3. The second-order valence-corrected chi connectivity index (χ2v) is 3.46.